The van der Waals surface area contributed by atoms with Crippen molar-refractivity contribution in [1.29, 1.82) is 0 Å². The van der Waals surface area contributed by atoms with E-state index in [-0.39, 0.29) is 11.7 Å². The van der Waals surface area contributed by atoms with E-state index >= 15 is 0 Å². The van der Waals surface area contributed by atoms with Crippen LogP contribution >= 0.6 is 15.9 Å². The summed E-state index contributed by atoms with van der Waals surface area (Å²) in [5.74, 6) is 0.154. The number of halogens is 2. The van der Waals surface area contributed by atoms with Crippen LogP contribution in [-0.4, -0.2) is 17.8 Å². The minimum atomic E-state index is -0.257. The first-order chi connectivity index (χ1) is 7.63. The van der Waals surface area contributed by atoms with Gasteiger partial charge in [0.05, 0.1) is 0 Å². The van der Waals surface area contributed by atoms with Crippen LogP contribution in [0.3, 0.4) is 0 Å². The molecule has 1 fully saturated rings. The van der Waals surface area contributed by atoms with E-state index in [0.29, 0.717) is 30.1 Å². The molecule has 86 valence electrons. The molecule has 2 rings (SSSR count). The fourth-order valence-corrected chi connectivity index (χ4v) is 2.44. The molecule has 0 spiro atoms. The summed E-state index contributed by atoms with van der Waals surface area (Å²) >= 11 is 3.38. The van der Waals surface area contributed by atoms with Crippen LogP contribution in [0.15, 0.2) is 18.2 Å². The number of alkyl halides is 1. The lowest BCUT2D eigenvalue weighted by Crippen LogP contribution is -2.25. The minimum Gasteiger partial charge on any atom is -0.312 e. The van der Waals surface area contributed by atoms with Crippen molar-refractivity contribution in [3.05, 3.63) is 29.6 Å². The van der Waals surface area contributed by atoms with Crippen LogP contribution in [0.25, 0.3) is 0 Å². The Hall–Kier alpha value is -0.900. The van der Waals surface area contributed by atoms with Gasteiger partial charge in [0.15, 0.2) is 0 Å². The zero-order chi connectivity index (χ0) is 11.7. The fourth-order valence-electron chi connectivity index (χ4n) is 2.01. The summed E-state index contributed by atoms with van der Waals surface area (Å²) in [6, 6.07) is 4.86. The summed E-state index contributed by atoms with van der Waals surface area (Å²) in [5, 5.41) is 0.809. The number of amides is 1. The van der Waals surface area contributed by atoms with Gasteiger partial charge in [-0.05, 0) is 25.0 Å². The predicted octanol–water partition coefficient (Wildman–Crippen LogP) is 2.88. The van der Waals surface area contributed by atoms with Crippen molar-refractivity contribution in [2.45, 2.75) is 13.3 Å². The van der Waals surface area contributed by atoms with E-state index in [0.717, 1.165) is 5.33 Å². The molecule has 2 nitrogen and oxygen atoms in total. The molecular weight excluding hydrogens is 273 g/mol. The Morgan fingerprint density at radius 2 is 2.31 bits per heavy atom. The highest BCUT2D eigenvalue weighted by atomic mass is 79.9. The standard InChI is InChI=1S/C12H13BrFNO/c1-8-10(14)3-2-4-11(8)15-7-9(6-13)5-12(15)16/h2-4,9H,5-7H2,1H3. The van der Waals surface area contributed by atoms with Crippen molar-refractivity contribution in [2.75, 3.05) is 16.8 Å². The lowest BCUT2D eigenvalue weighted by Gasteiger charge is -2.19. The molecule has 0 N–H and O–H groups in total. The summed E-state index contributed by atoms with van der Waals surface area (Å²) in [6.45, 7) is 2.38. The van der Waals surface area contributed by atoms with Gasteiger partial charge in [-0.3, -0.25) is 4.79 Å². The number of benzene rings is 1. The third-order valence-corrected chi connectivity index (χ3v) is 3.87. The Morgan fingerprint density at radius 3 is 2.94 bits per heavy atom. The first-order valence-electron chi connectivity index (χ1n) is 5.25. The van der Waals surface area contributed by atoms with Gasteiger partial charge >= 0.3 is 0 Å². The van der Waals surface area contributed by atoms with Crippen molar-refractivity contribution in [3.63, 3.8) is 0 Å². The van der Waals surface area contributed by atoms with Gasteiger partial charge in [-0.2, -0.15) is 0 Å². The number of nitrogens with zero attached hydrogens (tertiary/aromatic N) is 1. The molecule has 1 saturated heterocycles. The van der Waals surface area contributed by atoms with E-state index in [4.69, 9.17) is 0 Å². The molecule has 1 aliphatic heterocycles. The highest BCUT2D eigenvalue weighted by molar-refractivity contribution is 9.09. The van der Waals surface area contributed by atoms with Crippen LogP contribution in [0.4, 0.5) is 10.1 Å². The van der Waals surface area contributed by atoms with Crippen LogP contribution in [0, 0.1) is 18.7 Å². The molecule has 1 aromatic carbocycles. The summed E-state index contributed by atoms with van der Waals surface area (Å²) in [6.07, 6.45) is 0.543. The van der Waals surface area contributed by atoms with Crippen LogP contribution in [0.2, 0.25) is 0 Å². The van der Waals surface area contributed by atoms with E-state index in [9.17, 15) is 9.18 Å². The van der Waals surface area contributed by atoms with Crippen molar-refractivity contribution >= 4 is 27.5 Å². The molecule has 1 heterocycles. The van der Waals surface area contributed by atoms with Gasteiger partial charge in [0.25, 0.3) is 0 Å². The molecule has 1 unspecified atom stereocenters. The van der Waals surface area contributed by atoms with Gasteiger partial charge < -0.3 is 4.90 Å². The third-order valence-electron chi connectivity index (χ3n) is 2.95. The fraction of sp³-hybridized carbons (Fsp3) is 0.417. The number of anilines is 1. The molecule has 0 aromatic heterocycles. The average Bonchev–Trinajstić information content (AvgIpc) is 2.64. The molecule has 0 radical (unpaired) electrons. The summed E-state index contributed by atoms with van der Waals surface area (Å²) in [4.78, 5) is 13.5. The van der Waals surface area contributed by atoms with Crippen LogP contribution in [-0.2, 0) is 4.79 Å². The van der Waals surface area contributed by atoms with Crippen LogP contribution in [0.5, 0.6) is 0 Å². The first-order valence-corrected chi connectivity index (χ1v) is 6.37. The molecule has 0 saturated carbocycles. The first kappa shape index (κ1) is 11.6. The minimum absolute atomic E-state index is 0.0816. The van der Waals surface area contributed by atoms with Gasteiger partial charge in [-0.15, -0.1) is 0 Å². The van der Waals surface area contributed by atoms with Gasteiger partial charge in [-0.25, -0.2) is 4.39 Å². The Kier molecular flexibility index (Phi) is 3.28. The number of carbonyl (C=O) groups excluding carboxylic acids is 1. The largest absolute Gasteiger partial charge is 0.312 e. The Bertz CT molecular complexity index is 421. The maximum Gasteiger partial charge on any atom is 0.227 e. The second-order valence-corrected chi connectivity index (χ2v) is 4.76. The van der Waals surface area contributed by atoms with E-state index in [2.05, 4.69) is 15.9 Å². The zero-order valence-corrected chi connectivity index (χ0v) is 10.6. The number of rotatable bonds is 2. The lowest BCUT2D eigenvalue weighted by molar-refractivity contribution is -0.117. The zero-order valence-electron chi connectivity index (χ0n) is 9.04. The van der Waals surface area contributed by atoms with Crippen LogP contribution < -0.4 is 4.90 Å². The van der Waals surface area contributed by atoms with Crippen molar-refractivity contribution < 1.29 is 9.18 Å². The van der Waals surface area contributed by atoms with E-state index in [1.54, 1.807) is 24.0 Å². The van der Waals surface area contributed by atoms with E-state index in [1.807, 2.05) is 0 Å². The normalized spacial score (nSPS) is 20.6. The summed E-state index contributed by atoms with van der Waals surface area (Å²) in [5.41, 5.74) is 1.25. The molecular formula is C12H13BrFNO. The Balaban J connectivity index is 2.31. The maximum atomic E-state index is 13.4. The summed E-state index contributed by atoms with van der Waals surface area (Å²) in [7, 11) is 0. The lowest BCUT2D eigenvalue weighted by atomic mass is 10.1. The molecule has 0 bridgehead atoms. The molecule has 0 aliphatic carbocycles. The second-order valence-electron chi connectivity index (χ2n) is 4.11. The average molecular weight is 286 g/mol. The highest BCUT2D eigenvalue weighted by Gasteiger charge is 2.30. The van der Waals surface area contributed by atoms with Crippen molar-refractivity contribution in [3.8, 4) is 0 Å². The second kappa shape index (κ2) is 4.53. The molecule has 1 aromatic rings. The van der Waals surface area contributed by atoms with Crippen molar-refractivity contribution in [1.82, 2.24) is 0 Å². The van der Waals surface area contributed by atoms with Crippen LogP contribution in [0.1, 0.15) is 12.0 Å². The molecule has 1 aliphatic rings. The van der Waals surface area contributed by atoms with Gasteiger partial charge in [0, 0.05) is 29.5 Å². The van der Waals surface area contributed by atoms with E-state index < -0.39 is 0 Å². The van der Waals surface area contributed by atoms with E-state index in [1.165, 1.54) is 6.07 Å². The predicted molar refractivity (Wildman–Crippen MR) is 65.4 cm³/mol. The number of hydrogen-bond donors (Lipinski definition) is 0. The quantitative estimate of drug-likeness (QED) is 0.765. The third kappa shape index (κ3) is 1.98. The number of carbonyl (C=O) groups is 1. The number of hydrogen-bond acceptors (Lipinski definition) is 1. The van der Waals surface area contributed by atoms with Gasteiger partial charge in [0.2, 0.25) is 5.91 Å². The molecule has 16 heavy (non-hydrogen) atoms. The van der Waals surface area contributed by atoms with Gasteiger partial charge in [0.1, 0.15) is 5.82 Å². The highest BCUT2D eigenvalue weighted by Crippen LogP contribution is 2.29. The topological polar surface area (TPSA) is 20.3 Å². The maximum absolute atomic E-state index is 13.4. The monoisotopic (exact) mass is 285 g/mol. The Morgan fingerprint density at radius 1 is 1.56 bits per heavy atom. The molecule has 4 heteroatoms. The summed E-state index contributed by atoms with van der Waals surface area (Å²) < 4.78 is 13.4. The Labute approximate surface area is 103 Å². The van der Waals surface area contributed by atoms with Gasteiger partial charge in [-0.1, -0.05) is 22.0 Å². The smallest absolute Gasteiger partial charge is 0.227 e. The SMILES string of the molecule is Cc1c(F)cccc1N1CC(CBr)CC1=O. The van der Waals surface area contributed by atoms with Crippen molar-refractivity contribution in [2.24, 2.45) is 5.92 Å². The molecule has 1 amide bonds. The molecule has 1 atom stereocenters.